The quantitative estimate of drug-likeness (QED) is 0.424. The fraction of sp³-hybridized carbons (Fsp3) is 0.263. The number of H-pyrrole nitrogens is 1. The second-order valence-corrected chi connectivity index (χ2v) is 7.60. The minimum atomic E-state index is -0.704. The number of hydrogen-bond donors (Lipinski definition) is 1. The number of aryl methyl sites for hydroxylation is 2. The average molecular weight is 382 g/mol. The van der Waals surface area contributed by atoms with Gasteiger partial charge in [0.1, 0.15) is 10.7 Å². The van der Waals surface area contributed by atoms with Crippen LogP contribution in [0.3, 0.4) is 0 Å². The van der Waals surface area contributed by atoms with Crippen LogP contribution in [0.2, 0.25) is 0 Å². The molecule has 0 aliphatic heterocycles. The van der Waals surface area contributed by atoms with Crippen molar-refractivity contribution in [1.82, 2.24) is 9.97 Å². The van der Waals surface area contributed by atoms with Gasteiger partial charge in [0.05, 0.1) is 10.3 Å². The highest BCUT2D eigenvalue weighted by molar-refractivity contribution is 7.18. The van der Waals surface area contributed by atoms with E-state index in [-0.39, 0.29) is 5.56 Å². The molecule has 0 atom stereocenters. The molecule has 0 saturated carbocycles. The number of aromatic nitrogens is 2. The van der Waals surface area contributed by atoms with Gasteiger partial charge >= 0.3 is 0 Å². The van der Waals surface area contributed by atoms with Crippen LogP contribution in [-0.2, 0) is 12.8 Å². The third-order valence-corrected chi connectivity index (χ3v) is 5.89. The predicted octanol–water partition coefficient (Wildman–Crippen LogP) is 3.41. The second-order valence-electron chi connectivity index (χ2n) is 6.51. The Hall–Kier alpha value is -3.00. The highest BCUT2D eigenvalue weighted by atomic mass is 32.1. The van der Waals surface area contributed by atoms with E-state index in [4.69, 9.17) is 0 Å². The summed E-state index contributed by atoms with van der Waals surface area (Å²) in [6, 6.07) is 3.87. The standard InChI is InChI=1S/C19H17N3O4S/c23-14-8-6-11(10-13(14)22(25)26)7-9-16-20-18(24)17-12-4-2-1-3-5-15(12)27-19(17)21-16/h6-10,23H,1-5H2,(H,20,21,24)/p-1/b9-7+. The van der Waals surface area contributed by atoms with Gasteiger partial charge in [-0.3, -0.25) is 14.9 Å². The van der Waals surface area contributed by atoms with E-state index in [2.05, 4.69) is 9.97 Å². The number of nitro groups is 1. The zero-order valence-corrected chi connectivity index (χ0v) is 15.2. The molecule has 138 valence electrons. The third-order valence-electron chi connectivity index (χ3n) is 4.71. The fourth-order valence-corrected chi connectivity index (χ4v) is 4.66. The first-order valence-electron chi connectivity index (χ1n) is 8.71. The molecule has 0 fully saturated rings. The van der Waals surface area contributed by atoms with Crippen molar-refractivity contribution in [3.63, 3.8) is 0 Å². The Morgan fingerprint density at radius 3 is 2.81 bits per heavy atom. The van der Waals surface area contributed by atoms with Gasteiger partial charge in [0.25, 0.3) is 11.2 Å². The maximum Gasteiger partial charge on any atom is 0.262 e. The monoisotopic (exact) mass is 382 g/mol. The molecular weight excluding hydrogens is 366 g/mol. The molecule has 0 radical (unpaired) electrons. The topological polar surface area (TPSA) is 112 Å². The number of hydrogen-bond acceptors (Lipinski definition) is 6. The van der Waals surface area contributed by atoms with Gasteiger partial charge in [0.2, 0.25) is 0 Å². The van der Waals surface area contributed by atoms with Crippen molar-refractivity contribution >= 4 is 39.4 Å². The maximum atomic E-state index is 12.6. The van der Waals surface area contributed by atoms with Gasteiger partial charge in [-0.15, -0.1) is 11.3 Å². The lowest BCUT2D eigenvalue weighted by molar-refractivity contribution is -0.398. The van der Waals surface area contributed by atoms with Crippen LogP contribution in [0.1, 0.15) is 41.1 Å². The summed E-state index contributed by atoms with van der Waals surface area (Å²) in [5.74, 6) is -0.247. The number of aromatic amines is 1. The molecule has 0 amide bonds. The van der Waals surface area contributed by atoms with Crippen molar-refractivity contribution < 1.29 is 10.0 Å². The van der Waals surface area contributed by atoms with Crippen LogP contribution in [0.5, 0.6) is 5.75 Å². The van der Waals surface area contributed by atoms with Crippen molar-refractivity contribution in [2.24, 2.45) is 0 Å². The molecule has 0 bridgehead atoms. The van der Waals surface area contributed by atoms with Gasteiger partial charge in [0.15, 0.2) is 0 Å². The van der Waals surface area contributed by atoms with E-state index >= 15 is 0 Å². The fourth-order valence-electron chi connectivity index (χ4n) is 3.39. The van der Waals surface area contributed by atoms with E-state index in [1.54, 1.807) is 23.5 Å². The normalized spacial score (nSPS) is 14.4. The molecule has 0 spiro atoms. The Balaban J connectivity index is 1.71. The Bertz CT molecular complexity index is 1130. The van der Waals surface area contributed by atoms with E-state index in [0.717, 1.165) is 42.1 Å². The average Bonchev–Trinajstić information content (AvgIpc) is 2.83. The largest absolute Gasteiger partial charge is 0.868 e. The van der Waals surface area contributed by atoms with Gasteiger partial charge in [-0.1, -0.05) is 24.6 Å². The van der Waals surface area contributed by atoms with E-state index in [1.807, 2.05) is 0 Å². The smallest absolute Gasteiger partial charge is 0.262 e. The minimum absolute atomic E-state index is 0.153. The number of rotatable bonds is 3. The predicted molar refractivity (Wildman–Crippen MR) is 103 cm³/mol. The summed E-state index contributed by atoms with van der Waals surface area (Å²) in [6.07, 6.45) is 8.51. The first-order valence-corrected chi connectivity index (χ1v) is 9.52. The Morgan fingerprint density at radius 2 is 2.00 bits per heavy atom. The summed E-state index contributed by atoms with van der Waals surface area (Å²) < 4.78 is 0. The third kappa shape index (κ3) is 3.35. The highest BCUT2D eigenvalue weighted by Crippen LogP contribution is 2.33. The van der Waals surface area contributed by atoms with Crippen molar-refractivity contribution in [1.29, 1.82) is 0 Å². The molecular formula is C19H16N3O4S-. The van der Waals surface area contributed by atoms with Crippen LogP contribution in [0.4, 0.5) is 5.69 Å². The number of benzene rings is 1. The van der Waals surface area contributed by atoms with Crippen LogP contribution in [0.15, 0.2) is 23.0 Å². The maximum absolute atomic E-state index is 12.6. The van der Waals surface area contributed by atoms with Gasteiger partial charge in [-0.05, 0) is 48.6 Å². The zero-order valence-electron chi connectivity index (χ0n) is 14.4. The summed E-state index contributed by atoms with van der Waals surface area (Å²) in [7, 11) is 0. The van der Waals surface area contributed by atoms with Crippen molar-refractivity contribution in [2.45, 2.75) is 32.1 Å². The van der Waals surface area contributed by atoms with E-state index < -0.39 is 16.4 Å². The van der Waals surface area contributed by atoms with E-state index in [0.29, 0.717) is 16.8 Å². The molecule has 2 aromatic heterocycles. The van der Waals surface area contributed by atoms with Gasteiger partial charge < -0.3 is 10.1 Å². The zero-order chi connectivity index (χ0) is 19.0. The highest BCUT2D eigenvalue weighted by Gasteiger charge is 2.18. The lowest BCUT2D eigenvalue weighted by Gasteiger charge is -2.06. The molecule has 8 heteroatoms. The number of thiophene rings is 1. The first kappa shape index (κ1) is 17.4. The van der Waals surface area contributed by atoms with Crippen molar-refractivity contribution in [3.05, 3.63) is 60.5 Å². The molecule has 0 saturated heterocycles. The first-order chi connectivity index (χ1) is 13.0. The van der Waals surface area contributed by atoms with Gasteiger partial charge in [0, 0.05) is 10.9 Å². The summed E-state index contributed by atoms with van der Waals surface area (Å²) in [5.41, 5.74) is 1.00. The van der Waals surface area contributed by atoms with Crippen molar-refractivity contribution in [2.75, 3.05) is 0 Å². The Kier molecular flexibility index (Phi) is 4.49. The van der Waals surface area contributed by atoms with Crippen LogP contribution < -0.4 is 10.7 Å². The van der Waals surface area contributed by atoms with Crippen LogP contribution in [-0.4, -0.2) is 14.9 Å². The summed E-state index contributed by atoms with van der Waals surface area (Å²) in [5, 5.41) is 23.1. The van der Waals surface area contributed by atoms with Crippen molar-refractivity contribution in [3.8, 4) is 5.75 Å². The lowest BCUT2D eigenvalue weighted by Crippen LogP contribution is -2.10. The molecule has 1 aromatic carbocycles. The van der Waals surface area contributed by atoms with Gasteiger partial charge in [-0.2, -0.15) is 0 Å². The van der Waals surface area contributed by atoms with Gasteiger partial charge in [-0.25, -0.2) is 4.98 Å². The molecule has 1 N–H and O–H groups in total. The Labute approximate surface area is 158 Å². The molecule has 1 aliphatic rings. The molecule has 4 rings (SSSR count). The molecule has 7 nitrogen and oxygen atoms in total. The molecule has 27 heavy (non-hydrogen) atoms. The minimum Gasteiger partial charge on any atom is -0.868 e. The number of fused-ring (bicyclic) bond motifs is 3. The van der Waals surface area contributed by atoms with Crippen LogP contribution in [0, 0.1) is 10.1 Å². The number of nitrogens with one attached hydrogen (secondary N) is 1. The Morgan fingerprint density at radius 1 is 1.19 bits per heavy atom. The summed E-state index contributed by atoms with van der Waals surface area (Å²) in [6.45, 7) is 0. The van der Waals surface area contributed by atoms with E-state index in [9.17, 15) is 20.0 Å². The summed E-state index contributed by atoms with van der Waals surface area (Å²) in [4.78, 5) is 32.1. The second kappa shape index (κ2) is 6.96. The van der Waals surface area contributed by atoms with Crippen LogP contribution in [0.25, 0.3) is 22.4 Å². The van der Waals surface area contributed by atoms with Crippen LogP contribution >= 0.6 is 11.3 Å². The molecule has 3 aromatic rings. The molecule has 0 unspecified atom stereocenters. The number of nitro benzene ring substituents is 1. The lowest BCUT2D eigenvalue weighted by atomic mass is 10.1. The molecule has 2 heterocycles. The molecule has 1 aliphatic carbocycles. The van der Waals surface area contributed by atoms with E-state index in [1.165, 1.54) is 23.4 Å². The SMILES string of the molecule is O=c1[nH]c(/C=C/c2ccc([O-])c([N+](=O)[O-])c2)nc2sc3c(c12)CCCCC3. The summed E-state index contributed by atoms with van der Waals surface area (Å²) >= 11 is 1.58. The number of nitrogens with zero attached hydrogens (tertiary/aromatic N) is 2.